The molecule has 0 aromatic heterocycles. The molecular formula is C9H10OS2. The fourth-order valence-electron chi connectivity index (χ4n) is 0.880. The first-order valence-corrected chi connectivity index (χ1v) is 6.07. The number of carbonyl (C=O) groups excluding carboxylic acids is 1. The third-order valence-corrected chi connectivity index (χ3v) is 3.15. The van der Waals surface area contributed by atoms with Crippen molar-refractivity contribution in [2.24, 2.45) is 0 Å². The Hall–Kier alpha value is -0.410. The van der Waals surface area contributed by atoms with Crippen molar-refractivity contribution in [3.8, 4) is 0 Å². The van der Waals surface area contributed by atoms with E-state index in [0.717, 1.165) is 17.8 Å². The summed E-state index contributed by atoms with van der Waals surface area (Å²) in [6, 6.07) is 10.3. The first-order chi connectivity index (χ1) is 5.93. The third-order valence-electron chi connectivity index (χ3n) is 1.42. The maximum atomic E-state index is 9.96. The van der Waals surface area contributed by atoms with E-state index in [4.69, 9.17) is 0 Å². The Morgan fingerprint density at radius 2 is 2.00 bits per heavy atom. The van der Waals surface area contributed by atoms with Gasteiger partial charge >= 0.3 is 0 Å². The minimum atomic E-state index is 0.871. The van der Waals surface area contributed by atoms with Crippen LogP contribution < -0.4 is 0 Å². The number of carbonyl (C=O) groups is 1. The standard InChI is InChI=1S/C9H10OS2/c10-8-12-11-7-6-9-4-2-1-3-5-9/h1-5,8H,6-7H2. The van der Waals surface area contributed by atoms with Crippen molar-refractivity contribution in [1.29, 1.82) is 0 Å². The zero-order valence-corrected chi connectivity index (χ0v) is 8.24. The molecule has 1 rings (SSSR count). The molecule has 0 bridgehead atoms. The molecule has 0 aliphatic heterocycles. The summed E-state index contributed by atoms with van der Waals surface area (Å²) >= 11 is 0. The van der Waals surface area contributed by atoms with Crippen LogP contribution in [-0.2, 0) is 11.2 Å². The number of aryl methyl sites for hydroxylation is 1. The second kappa shape index (κ2) is 6.14. The Kier molecular flexibility index (Phi) is 4.95. The second-order valence-electron chi connectivity index (χ2n) is 2.25. The molecule has 64 valence electrons. The van der Waals surface area contributed by atoms with Crippen molar-refractivity contribution in [2.45, 2.75) is 6.42 Å². The van der Waals surface area contributed by atoms with Gasteiger partial charge in [-0.15, -0.1) is 0 Å². The molecule has 1 aromatic carbocycles. The third kappa shape index (κ3) is 3.83. The van der Waals surface area contributed by atoms with Gasteiger partial charge in [0.15, 0.2) is 5.62 Å². The van der Waals surface area contributed by atoms with E-state index in [0.29, 0.717) is 0 Å². The van der Waals surface area contributed by atoms with Gasteiger partial charge < -0.3 is 0 Å². The van der Waals surface area contributed by atoms with Crippen molar-refractivity contribution in [2.75, 3.05) is 5.75 Å². The summed E-state index contributed by atoms with van der Waals surface area (Å²) < 4.78 is 0. The Labute approximate surface area is 80.3 Å². The molecule has 0 fully saturated rings. The van der Waals surface area contributed by atoms with Crippen molar-refractivity contribution in [1.82, 2.24) is 0 Å². The Bertz CT molecular complexity index is 223. The topological polar surface area (TPSA) is 17.1 Å². The van der Waals surface area contributed by atoms with Crippen LogP contribution in [0.4, 0.5) is 0 Å². The average molecular weight is 198 g/mol. The maximum Gasteiger partial charge on any atom is 0.186 e. The highest BCUT2D eigenvalue weighted by Crippen LogP contribution is 2.18. The van der Waals surface area contributed by atoms with Gasteiger partial charge in [-0.25, -0.2) is 0 Å². The van der Waals surface area contributed by atoms with Gasteiger partial charge in [-0.05, 0) is 22.8 Å². The van der Waals surface area contributed by atoms with Gasteiger partial charge in [0.25, 0.3) is 0 Å². The van der Waals surface area contributed by atoms with Crippen LogP contribution in [0.15, 0.2) is 30.3 Å². The van der Waals surface area contributed by atoms with Crippen LogP contribution in [0, 0.1) is 0 Å². The molecule has 0 atom stereocenters. The number of hydrogen-bond donors (Lipinski definition) is 0. The molecule has 3 heteroatoms. The summed E-state index contributed by atoms with van der Waals surface area (Å²) in [5.41, 5.74) is 2.20. The van der Waals surface area contributed by atoms with Crippen LogP contribution in [0.25, 0.3) is 0 Å². The molecule has 1 nitrogen and oxygen atoms in total. The van der Waals surface area contributed by atoms with Gasteiger partial charge in [-0.2, -0.15) is 0 Å². The molecule has 0 aliphatic carbocycles. The summed E-state index contributed by atoms with van der Waals surface area (Å²) in [7, 11) is 2.86. The van der Waals surface area contributed by atoms with Crippen molar-refractivity contribution >= 4 is 27.2 Å². The van der Waals surface area contributed by atoms with Gasteiger partial charge in [-0.1, -0.05) is 41.1 Å². The predicted octanol–water partition coefficient (Wildman–Crippen LogP) is 2.80. The molecule has 0 heterocycles. The van der Waals surface area contributed by atoms with Crippen molar-refractivity contribution in [3.05, 3.63) is 35.9 Å². The lowest BCUT2D eigenvalue weighted by molar-refractivity contribution is 0.570. The molecule has 0 unspecified atom stereocenters. The SMILES string of the molecule is O=CSSCCc1ccccc1. The average Bonchev–Trinajstić information content (AvgIpc) is 2.14. The number of benzene rings is 1. The largest absolute Gasteiger partial charge is 0.290 e. The highest BCUT2D eigenvalue weighted by Gasteiger charge is 1.91. The van der Waals surface area contributed by atoms with Gasteiger partial charge in [0, 0.05) is 5.75 Å². The Morgan fingerprint density at radius 1 is 1.25 bits per heavy atom. The lowest BCUT2D eigenvalue weighted by Crippen LogP contribution is -1.85. The molecule has 12 heavy (non-hydrogen) atoms. The Morgan fingerprint density at radius 3 is 2.67 bits per heavy atom. The second-order valence-corrected chi connectivity index (χ2v) is 4.56. The van der Waals surface area contributed by atoms with Gasteiger partial charge in [-0.3, -0.25) is 4.79 Å². The zero-order valence-electron chi connectivity index (χ0n) is 6.60. The highest BCUT2D eigenvalue weighted by atomic mass is 33.1. The zero-order chi connectivity index (χ0) is 8.65. The summed E-state index contributed by atoms with van der Waals surface area (Å²) in [4.78, 5) is 9.96. The molecule has 0 amide bonds. The summed E-state index contributed by atoms with van der Waals surface area (Å²) in [6.45, 7) is 0. The minimum absolute atomic E-state index is 0.871. The monoisotopic (exact) mass is 198 g/mol. The fourth-order valence-corrected chi connectivity index (χ4v) is 2.06. The fraction of sp³-hybridized carbons (Fsp3) is 0.222. The van der Waals surface area contributed by atoms with E-state index in [1.165, 1.54) is 16.4 Å². The molecule has 0 spiro atoms. The van der Waals surface area contributed by atoms with E-state index in [-0.39, 0.29) is 0 Å². The lowest BCUT2D eigenvalue weighted by Gasteiger charge is -1.97. The van der Waals surface area contributed by atoms with E-state index in [9.17, 15) is 4.79 Å². The Balaban J connectivity index is 2.20. The predicted molar refractivity (Wildman–Crippen MR) is 56.9 cm³/mol. The quantitative estimate of drug-likeness (QED) is 0.411. The lowest BCUT2D eigenvalue weighted by atomic mass is 10.2. The molecule has 0 N–H and O–H groups in total. The number of hydrogen-bond acceptors (Lipinski definition) is 3. The van der Waals surface area contributed by atoms with E-state index < -0.39 is 0 Å². The molecular weight excluding hydrogens is 188 g/mol. The van der Waals surface area contributed by atoms with Crippen LogP contribution in [0.2, 0.25) is 0 Å². The van der Waals surface area contributed by atoms with Crippen LogP contribution in [0.3, 0.4) is 0 Å². The van der Waals surface area contributed by atoms with Gasteiger partial charge in [0.05, 0.1) is 0 Å². The van der Waals surface area contributed by atoms with E-state index in [1.807, 2.05) is 18.2 Å². The molecule has 0 saturated heterocycles. The van der Waals surface area contributed by atoms with Crippen LogP contribution in [-0.4, -0.2) is 11.4 Å². The molecule has 0 aliphatic rings. The van der Waals surface area contributed by atoms with E-state index in [1.54, 1.807) is 10.8 Å². The van der Waals surface area contributed by atoms with Crippen molar-refractivity contribution in [3.63, 3.8) is 0 Å². The molecule has 0 radical (unpaired) electrons. The van der Waals surface area contributed by atoms with E-state index in [2.05, 4.69) is 12.1 Å². The summed E-state index contributed by atoms with van der Waals surface area (Å²) in [6.07, 6.45) is 1.03. The summed E-state index contributed by atoms with van der Waals surface area (Å²) in [5.74, 6) is 0.993. The van der Waals surface area contributed by atoms with Crippen LogP contribution in [0.5, 0.6) is 0 Å². The van der Waals surface area contributed by atoms with Crippen LogP contribution >= 0.6 is 21.6 Å². The molecule has 0 saturated carbocycles. The van der Waals surface area contributed by atoms with Crippen molar-refractivity contribution < 1.29 is 4.79 Å². The number of rotatable bonds is 5. The first kappa shape index (κ1) is 9.68. The molecule has 1 aromatic rings. The van der Waals surface area contributed by atoms with Crippen LogP contribution in [0.1, 0.15) is 5.56 Å². The maximum absolute atomic E-state index is 9.96. The van der Waals surface area contributed by atoms with Gasteiger partial charge in [0.2, 0.25) is 0 Å². The van der Waals surface area contributed by atoms with Gasteiger partial charge in [0.1, 0.15) is 0 Å². The van der Waals surface area contributed by atoms with E-state index >= 15 is 0 Å². The normalized spacial score (nSPS) is 9.67. The highest BCUT2D eigenvalue weighted by molar-refractivity contribution is 8.81. The summed E-state index contributed by atoms with van der Waals surface area (Å²) in [5, 5.41) is 0. The first-order valence-electron chi connectivity index (χ1n) is 3.69. The minimum Gasteiger partial charge on any atom is -0.290 e. The smallest absolute Gasteiger partial charge is 0.186 e.